The largest absolute Gasteiger partial charge is 0.355 e. The second-order valence-electron chi connectivity index (χ2n) is 6.53. The van der Waals surface area contributed by atoms with Crippen molar-refractivity contribution in [3.63, 3.8) is 0 Å². The number of nitrogens with zero attached hydrogens (tertiary/aromatic N) is 2. The Morgan fingerprint density at radius 1 is 0.828 bits per heavy atom. The maximum Gasteiger partial charge on any atom is 0.274 e. The summed E-state index contributed by atoms with van der Waals surface area (Å²) in [5.41, 5.74) is 3.69. The van der Waals surface area contributed by atoms with Gasteiger partial charge < -0.3 is 10.6 Å². The van der Waals surface area contributed by atoms with Crippen LogP contribution in [0.25, 0.3) is 10.9 Å². The zero-order chi connectivity index (χ0) is 20.2. The number of rotatable bonds is 5. The summed E-state index contributed by atoms with van der Waals surface area (Å²) in [6, 6.07) is 20.0. The van der Waals surface area contributed by atoms with E-state index in [0.717, 1.165) is 16.6 Å². The van der Waals surface area contributed by atoms with Gasteiger partial charge >= 0.3 is 0 Å². The highest BCUT2D eigenvalue weighted by Crippen LogP contribution is 2.22. The summed E-state index contributed by atoms with van der Waals surface area (Å²) in [7, 11) is 0. The molecule has 2 N–H and O–H groups in total. The number of carbonyl (C=O) groups is 2. The van der Waals surface area contributed by atoms with Gasteiger partial charge in [-0.2, -0.15) is 0 Å². The number of anilines is 3. The van der Waals surface area contributed by atoms with Crippen LogP contribution in [0.4, 0.5) is 17.1 Å². The number of amides is 1. The van der Waals surface area contributed by atoms with Gasteiger partial charge in [0.2, 0.25) is 0 Å². The van der Waals surface area contributed by atoms with Crippen molar-refractivity contribution in [1.82, 2.24) is 9.97 Å². The molecule has 0 unspecified atom stereocenters. The summed E-state index contributed by atoms with van der Waals surface area (Å²) < 4.78 is 0. The molecule has 142 valence electrons. The smallest absolute Gasteiger partial charge is 0.274 e. The van der Waals surface area contributed by atoms with Crippen LogP contribution in [0.5, 0.6) is 0 Å². The normalized spacial score (nSPS) is 10.5. The molecule has 6 nitrogen and oxygen atoms in total. The van der Waals surface area contributed by atoms with Gasteiger partial charge in [0.25, 0.3) is 5.91 Å². The molecule has 1 amide bonds. The first kappa shape index (κ1) is 18.3. The summed E-state index contributed by atoms with van der Waals surface area (Å²) in [5, 5.41) is 7.03. The molecule has 0 aliphatic carbocycles. The number of ketones is 1. The highest BCUT2D eigenvalue weighted by Gasteiger charge is 2.11. The molecule has 0 radical (unpaired) electrons. The highest BCUT2D eigenvalue weighted by atomic mass is 16.2. The van der Waals surface area contributed by atoms with Gasteiger partial charge in [0.15, 0.2) is 5.78 Å². The Bertz CT molecular complexity index is 1210. The second kappa shape index (κ2) is 7.90. The van der Waals surface area contributed by atoms with E-state index in [9.17, 15) is 9.59 Å². The van der Waals surface area contributed by atoms with Crippen molar-refractivity contribution < 1.29 is 9.59 Å². The van der Waals surface area contributed by atoms with Gasteiger partial charge in [0.05, 0.1) is 11.2 Å². The Kier molecular flexibility index (Phi) is 4.99. The van der Waals surface area contributed by atoms with E-state index in [0.29, 0.717) is 16.9 Å². The first-order valence-corrected chi connectivity index (χ1v) is 9.09. The molecule has 0 fully saturated rings. The Morgan fingerprint density at radius 3 is 2.48 bits per heavy atom. The van der Waals surface area contributed by atoms with Crippen molar-refractivity contribution >= 4 is 39.7 Å². The minimum Gasteiger partial charge on any atom is -0.355 e. The third kappa shape index (κ3) is 4.11. The summed E-state index contributed by atoms with van der Waals surface area (Å²) >= 11 is 0. The van der Waals surface area contributed by atoms with E-state index < -0.39 is 0 Å². The number of Topliss-reactive ketones (excluding diaryl/α,β-unsaturated/α-hetero) is 1. The number of hydrogen-bond acceptors (Lipinski definition) is 5. The topological polar surface area (TPSA) is 84.0 Å². The molecule has 2 heterocycles. The number of hydrogen-bond donors (Lipinski definition) is 2. The van der Waals surface area contributed by atoms with Gasteiger partial charge in [-0.1, -0.05) is 30.3 Å². The van der Waals surface area contributed by atoms with Gasteiger partial charge in [0.1, 0.15) is 5.69 Å². The summed E-state index contributed by atoms with van der Waals surface area (Å²) in [4.78, 5) is 32.8. The lowest BCUT2D eigenvalue weighted by Gasteiger charge is -2.10. The summed E-state index contributed by atoms with van der Waals surface area (Å²) in [6.07, 6.45) is 3.25. The minimum absolute atomic E-state index is 0.00728. The second-order valence-corrected chi connectivity index (χ2v) is 6.53. The van der Waals surface area contributed by atoms with Crippen molar-refractivity contribution in [3.8, 4) is 0 Å². The van der Waals surface area contributed by atoms with Gasteiger partial charge in [0, 0.05) is 34.7 Å². The molecule has 4 aromatic rings. The van der Waals surface area contributed by atoms with E-state index >= 15 is 0 Å². The zero-order valence-corrected chi connectivity index (χ0v) is 15.7. The fourth-order valence-electron chi connectivity index (χ4n) is 3.01. The van der Waals surface area contributed by atoms with Crippen LogP contribution in [0, 0.1) is 0 Å². The number of pyridine rings is 2. The number of aromatic nitrogens is 2. The quantitative estimate of drug-likeness (QED) is 0.483. The van der Waals surface area contributed by atoms with Crippen molar-refractivity contribution in [3.05, 3.63) is 90.4 Å². The lowest BCUT2D eigenvalue weighted by atomic mass is 10.1. The predicted octanol–water partition coefficient (Wildman–Crippen LogP) is 4.83. The van der Waals surface area contributed by atoms with Crippen LogP contribution >= 0.6 is 0 Å². The standard InChI is InChI=1S/C23H18N4O2/c1-15(28)17-6-2-8-18(13-17)26-19-10-12-24-21(14-19)23(29)27-20-9-3-5-16-7-4-11-25-22(16)20/h2-14H,1H3,(H,24,26)(H,27,29). The molecule has 0 aliphatic heterocycles. The van der Waals surface area contributed by atoms with Crippen LogP contribution in [0.15, 0.2) is 79.1 Å². The minimum atomic E-state index is -0.329. The van der Waals surface area contributed by atoms with Crippen LogP contribution in [-0.2, 0) is 0 Å². The molecule has 4 rings (SSSR count). The number of carbonyl (C=O) groups excluding carboxylic acids is 2. The van der Waals surface area contributed by atoms with Gasteiger partial charge in [-0.3, -0.25) is 19.6 Å². The van der Waals surface area contributed by atoms with Crippen molar-refractivity contribution in [2.45, 2.75) is 6.92 Å². The molecule has 0 spiro atoms. The van der Waals surface area contributed by atoms with Crippen LogP contribution < -0.4 is 10.6 Å². The molecule has 0 bridgehead atoms. The average Bonchev–Trinajstić information content (AvgIpc) is 2.74. The Labute approximate surface area is 167 Å². The van der Waals surface area contributed by atoms with Crippen molar-refractivity contribution in [2.24, 2.45) is 0 Å². The summed E-state index contributed by atoms with van der Waals surface area (Å²) in [5.74, 6) is -0.337. The fourth-order valence-corrected chi connectivity index (χ4v) is 3.01. The number of para-hydroxylation sites is 1. The van der Waals surface area contributed by atoms with E-state index in [2.05, 4.69) is 20.6 Å². The number of benzene rings is 2. The molecule has 0 atom stereocenters. The van der Waals surface area contributed by atoms with Crippen molar-refractivity contribution in [1.29, 1.82) is 0 Å². The zero-order valence-electron chi connectivity index (χ0n) is 15.7. The van der Waals surface area contributed by atoms with Gasteiger partial charge in [-0.25, -0.2) is 0 Å². The molecular formula is C23H18N4O2. The SMILES string of the molecule is CC(=O)c1cccc(Nc2ccnc(C(=O)Nc3cccc4cccnc34)c2)c1. The third-order valence-corrected chi connectivity index (χ3v) is 4.43. The molecule has 29 heavy (non-hydrogen) atoms. The molecule has 0 aliphatic rings. The first-order valence-electron chi connectivity index (χ1n) is 9.09. The summed E-state index contributed by atoms with van der Waals surface area (Å²) in [6.45, 7) is 1.52. The van der Waals surface area contributed by atoms with E-state index in [1.807, 2.05) is 36.4 Å². The Morgan fingerprint density at radius 2 is 1.62 bits per heavy atom. The number of nitrogens with one attached hydrogen (secondary N) is 2. The molecule has 2 aromatic carbocycles. The number of fused-ring (bicyclic) bond motifs is 1. The van der Waals surface area contributed by atoms with E-state index in [1.165, 1.54) is 6.92 Å². The highest BCUT2D eigenvalue weighted by molar-refractivity contribution is 6.07. The monoisotopic (exact) mass is 382 g/mol. The first-order chi connectivity index (χ1) is 14.1. The fraction of sp³-hybridized carbons (Fsp3) is 0.0435. The Balaban J connectivity index is 1.56. The lowest BCUT2D eigenvalue weighted by Crippen LogP contribution is -2.14. The van der Waals surface area contributed by atoms with Gasteiger partial charge in [-0.15, -0.1) is 0 Å². The van der Waals surface area contributed by atoms with E-state index in [1.54, 1.807) is 42.7 Å². The van der Waals surface area contributed by atoms with Crippen LogP contribution in [0.3, 0.4) is 0 Å². The van der Waals surface area contributed by atoms with Crippen LogP contribution in [0.2, 0.25) is 0 Å². The van der Waals surface area contributed by atoms with Crippen molar-refractivity contribution in [2.75, 3.05) is 10.6 Å². The maximum atomic E-state index is 12.7. The molecule has 0 saturated carbocycles. The molecular weight excluding hydrogens is 364 g/mol. The van der Waals surface area contributed by atoms with Crippen LogP contribution in [0.1, 0.15) is 27.8 Å². The van der Waals surface area contributed by atoms with E-state index in [-0.39, 0.29) is 17.4 Å². The third-order valence-electron chi connectivity index (χ3n) is 4.43. The van der Waals surface area contributed by atoms with Crippen LogP contribution in [-0.4, -0.2) is 21.7 Å². The average molecular weight is 382 g/mol. The predicted molar refractivity (Wildman–Crippen MR) is 114 cm³/mol. The maximum absolute atomic E-state index is 12.7. The molecule has 2 aromatic heterocycles. The lowest BCUT2D eigenvalue weighted by molar-refractivity contribution is 0.101. The van der Waals surface area contributed by atoms with E-state index in [4.69, 9.17) is 0 Å². The Hall–Kier alpha value is -4.06. The molecule has 6 heteroatoms. The van der Waals surface area contributed by atoms with Gasteiger partial charge in [-0.05, 0) is 43.3 Å². The molecule has 0 saturated heterocycles.